The first-order valence-corrected chi connectivity index (χ1v) is 7.57. The Balaban J connectivity index is 1.56. The molecule has 0 aliphatic carbocycles. The molecule has 1 unspecified atom stereocenters. The highest BCUT2D eigenvalue weighted by molar-refractivity contribution is 5.78. The Kier molecular flexibility index (Phi) is 4.71. The highest BCUT2D eigenvalue weighted by atomic mass is 16.5. The normalized spacial score (nSPS) is 18.0. The van der Waals surface area contributed by atoms with Gasteiger partial charge in [-0.25, -0.2) is 0 Å². The molecule has 0 bridgehead atoms. The lowest BCUT2D eigenvalue weighted by atomic mass is 10.0. The Labute approximate surface area is 130 Å². The second-order valence-electron chi connectivity index (χ2n) is 5.36. The van der Waals surface area contributed by atoms with Crippen molar-refractivity contribution in [1.29, 1.82) is 0 Å². The summed E-state index contributed by atoms with van der Waals surface area (Å²) in [5, 5.41) is 3.46. The van der Waals surface area contributed by atoms with Gasteiger partial charge in [-0.15, -0.1) is 0 Å². The molecule has 1 saturated heterocycles. The van der Waals surface area contributed by atoms with Gasteiger partial charge in [-0.3, -0.25) is 4.79 Å². The SMILES string of the molecule is O=C(COc1ccccc1)N1CCNC(c2ccccc2)C1. The van der Waals surface area contributed by atoms with Crippen LogP contribution in [0.1, 0.15) is 11.6 Å². The van der Waals surface area contributed by atoms with Crippen LogP contribution in [0.5, 0.6) is 5.75 Å². The molecular weight excluding hydrogens is 276 g/mol. The van der Waals surface area contributed by atoms with Crippen LogP contribution in [0.2, 0.25) is 0 Å². The summed E-state index contributed by atoms with van der Waals surface area (Å²) in [6.45, 7) is 2.30. The number of nitrogens with zero attached hydrogens (tertiary/aromatic N) is 1. The summed E-state index contributed by atoms with van der Waals surface area (Å²) in [6, 6.07) is 19.9. The first-order valence-electron chi connectivity index (χ1n) is 7.57. The summed E-state index contributed by atoms with van der Waals surface area (Å²) in [7, 11) is 0. The van der Waals surface area contributed by atoms with Crippen LogP contribution in [0.15, 0.2) is 60.7 Å². The van der Waals surface area contributed by atoms with E-state index in [0.29, 0.717) is 6.54 Å². The van der Waals surface area contributed by atoms with Crippen molar-refractivity contribution in [2.75, 3.05) is 26.2 Å². The minimum atomic E-state index is 0.0336. The fourth-order valence-electron chi connectivity index (χ4n) is 2.64. The van der Waals surface area contributed by atoms with E-state index in [1.54, 1.807) is 0 Å². The number of benzene rings is 2. The lowest BCUT2D eigenvalue weighted by Gasteiger charge is -2.34. The lowest BCUT2D eigenvalue weighted by Crippen LogP contribution is -2.49. The molecular formula is C18H20N2O2. The topological polar surface area (TPSA) is 41.6 Å². The Morgan fingerprint density at radius 1 is 1.09 bits per heavy atom. The number of ether oxygens (including phenoxy) is 1. The van der Waals surface area contributed by atoms with Crippen molar-refractivity contribution in [2.45, 2.75) is 6.04 Å². The van der Waals surface area contributed by atoms with Gasteiger partial charge in [0.1, 0.15) is 5.75 Å². The van der Waals surface area contributed by atoms with E-state index in [0.717, 1.165) is 18.8 Å². The number of amides is 1. The van der Waals surface area contributed by atoms with Gasteiger partial charge in [0.25, 0.3) is 5.91 Å². The first-order chi connectivity index (χ1) is 10.8. The van der Waals surface area contributed by atoms with Gasteiger partial charge in [0.15, 0.2) is 6.61 Å². The van der Waals surface area contributed by atoms with Crippen molar-refractivity contribution >= 4 is 5.91 Å². The number of para-hydroxylation sites is 1. The van der Waals surface area contributed by atoms with E-state index < -0.39 is 0 Å². The van der Waals surface area contributed by atoms with Crippen LogP contribution in [-0.2, 0) is 4.79 Å². The van der Waals surface area contributed by atoms with E-state index in [2.05, 4.69) is 17.4 Å². The fraction of sp³-hybridized carbons (Fsp3) is 0.278. The minimum Gasteiger partial charge on any atom is -0.484 e. The molecule has 1 amide bonds. The van der Waals surface area contributed by atoms with E-state index in [1.165, 1.54) is 5.56 Å². The summed E-state index contributed by atoms with van der Waals surface area (Å²) in [5.74, 6) is 0.761. The summed E-state index contributed by atoms with van der Waals surface area (Å²) < 4.78 is 5.55. The van der Waals surface area contributed by atoms with Crippen LogP contribution in [0, 0.1) is 0 Å². The van der Waals surface area contributed by atoms with Gasteiger partial charge in [0.05, 0.1) is 0 Å². The molecule has 0 saturated carbocycles. The zero-order valence-electron chi connectivity index (χ0n) is 12.4. The van der Waals surface area contributed by atoms with Crippen LogP contribution in [0.3, 0.4) is 0 Å². The molecule has 114 valence electrons. The Morgan fingerprint density at radius 2 is 1.77 bits per heavy atom. The smallest absolute Gasteiger partial charge is 0.260 e. The second kappa shape index (κ2) is 7.09. The molecule has 3 rings (SSSR count). The number of hydrogen-bond acceptors (Lipinski definition) is 3. The third-order valence-electron chi connectivity index (χ3n) is 3.84. The van der Waals surface area contributed by atoms with Crippen molar-refractivity contribution in [3.8, 4) is 5.75 Å². The first kappa shape index (κ1) is 14.6. The van der Waals surface area contributed by atoms with Crippen molar-refractivity contribution in [2.24, 2.45) is 0 Å². The van der Waals surface area contributed by atoms with Gasteiger partial charge >= 0.3 is 0 Å². The maximum Gasteiger partial charge on any atom is 0.260 e. The summed E-state index contributed by atoms with van der Waals surface area (Å²) in [4.78, 5) is 14.2. The number of piperazine rings is 1. The van der Waals surface area contributed by atoms with Crippen molar-refractivity contribution in [1.82, 2.24) is 10.2 Å². The van der Waals surface area contributed by atoms with E-state index in [4.69, 9.17) is 4.74 Å². The lowest BCUT2D eigenvalue weighted by molar-refractivity contribution is -0.134. The van der Waals surface area contributed by atoms with Gasteiger partial charge in [-0.1, -0.05) is 48.5 Å². The number of rotatable bonds is 4. The predicted octanol–water partition coefficient (Wildman–Crippen LogP) is 2.24. The Morgan fingerprint density at radius 3 is 2.50 bits per heavy atom. The maximum absolute atomic E-state index is 12.3. The van der Waals surface area contributed by atoms with Gasteiger partial charge in [0.2, 0.25) is 0 Å². The number of carbonyl (C=O) groups excluding carboxylic acids is 1. The van der Waals surface area contributed by atoms with Crippen molar-refractivity contribution in [3.05, 3.63) is 66.2 Å². The van der Waals surface area contributed by atoms with Gasteiger partial charge in [-0.2, -0.15) is 0 Å². The van der Waals surface area contributed by atoms with Crippen molar-refractivity contribution in [3.63, 3.8) is 0 Å². The molecule has 1 heterocycles. The molecule has 1 fully saturated rings. The monoisotopic (exact) mass is 296 g/mol. The second-order valence-corrected chi connectivity index (χ2v) is 5.36. The summed E-state index contributed by atoms with van der Waals surface area (Å²) >= 11 is 0. The van der Waals surface area contributed by atoms with Crippen LogP contribution < -0.4 is 10.1 Å². The summed E-state index contributed by atoms with van der Waals surface area (Å²) in [5.41, 5.74) is 1.21. The molecule has 4 nitrogen and oxygen atoms in total. The Hall–Kier alpha value is -2.33. The largest absolute Gasteiger partial charge is 0.484 e. The molecule has 0 radical (unpaired) electrons. The highest BCUT2D eigenvalue weighted by Crippen LogP contribution is 2.17. The van der Waals surface area contributed by atoms with Gasteiger partial charge in [0, 0.05) is 25.7 Å². The molecule has 0 aromatic heterocycles. The minimum absolute atomic E-state index is 0.0336. The van der Waals surface area contributed by atoms with Crippen LogP contribution >= 0.6 is 0 Å². The maximum atomic E-state index is 12.3. The molecule has 22 heavy (non-hydrogen) atoms. The van der Waals surface area contributed by atoms with E-state index in [-0.39, 0.29) is 18.6 Å². The van der Waals surface area contributed by atoms with Gasteiger partial charge < -0.3 is 15.0 Å². The van der Waals surface area contributed by atoms with E-state index in [9.17, 15) is 4.79 Å². The molecule has 1 atom stereocenters. The number of hydrogen-bond donors (Lipinski definition) is 1. The number of nitrogens with one attached hydrogen (secondary N) is 1. The van der Waals surface area contributed by atoms with E-state index in [1.807, 2.05) is 53.4 Å². The third-order valence-corrected chi connectivity index (χ3v) is 3.84. The average molecular weight is 296 g/mol. The molecule has 1 aliphatic rings. The standard InChI is InChI=1S/C18H20N2O2/c21-18(14-22-16-9-5-2-6-10-16)20-12-11-19-17(13-20)15-7-3-1-4-8-15/h1-10,17,19H,11-14H2. The van der Waals surface area contributed by atoms with Crippen LogP contribution in [0.4, 0.5) is 0 Å². The third kappa shape index (κ3) is 3.65. The van der Waals surface area contributed by atoms with E-state index >= 15 is 0 Å². The quantitative estimate of drug-likeness (QED) is 0.941. The molecule has 2 aromatic carbocycles. The average Bonchev–Trinajstić information content (AvgIpc) is 2.61. The molecule has 0 spiro atoms. The number of carbonyl (C=O) groups is 1. The van der Waals surface area contributed by atoms with Crippen molar-refractivity contribution < 1.29 is 9.53 Å². The molecule has 1 aliphatic heterocycles. The fourth-order valence-corrected chi connectivity index (χ4v) is 2.64. The van der Waals surface area contributed by atoms with Crippen LogP contribution in [0.25, 0.3) is 0 Å². The highest BCUT2D eigenvalue weighted by Gasteiger charge is 2.24. The molecule has 2 aromatic rings. The Bertz CT molecular complexity index is 601. The zero-order chi connectivity index (χ0) is 15.2. The molecule has 4 heteroatoms. The predicted molar refractivity (Wildman–Crippen MR) is 85.7 cm³/mol. The zero-order valence-corrected chi connectivity index (χ0v) is 12.4. The summed E-state index contributed by atoms with van der Waals surface area (Å²) in [6.07, 6.45) is 0. The van der Waals surface area contributed by atoms with Crippen LogP contribution in [-0.4, -0.2) is 37.0 Å². The molecule has 1 N–H and O–H groups in total. The van der Waals surface area contributed by atoms with Gasteiger partial charge in [-0.05, 0) is 17.7 Å².